The fourth-order valence-corrected chi connectivity index (χ4v) is 1.71. The number of amides is 2. The predicted octanol–water partition coefficient (Wildman–Crippen LogP) is 1.29. The summed E-state index contributed by atoms with van der Waals surface area (Å²) in [6.07, 6.45) is 2.79. The number of urea groups is 1. The summed E-state index contributed by atoms with van der Waals surface area (Å²) in [5, 5.41) is 11.4. The highest BCUT2D eigenvalue weighted by Crippen LogP contribution is 2.33. The molecular formula is C11H20N2O3. The van der Waals surface area contributed by atoms with Gasteiger partial charge in [0.15, 0.2) is 0 Å². The molecule has 1 aliphatic carbocycles. The van der Waals surface area contributed by atoms with Gasteiger partial charge in [-0.25, -0.2) is 4.79 Å². The number of aliphatic carboxylic acids is 1. The van der Waals surface area contributed by atoms with Crippen LogP contribution in [0.2, 0.25) is 0 Å². The molecule has 0 radical (unpaired) electrons. The number of carbonyl (C=O) groups is 2. The molecule has 1 rings (SSSR count). The highest BCUT2D eigenvalue weighted by atomic mass is 16.4. The Kier molecular flexibility index (Phi) is 4.58. The van der Waals surface area contributed by atoms with Crippen LogP contribution in [0.5, 0.6) is 0 Å². The maximum Gasteiger partial charge on any atom is 0.317 e. The van der Waals surface area contributed by atoms with Crippen molar-refractivity contribution in [3.8, 4) is 0 Å². The first kappa shape index (κ1) is 12.8. The van der Waals surface area contributed by atoms with E-state index >= 15 is 0 Å². The van der Waals surface area contributed by atoms with Crippen LogP contribution in [0, 0.1) is 5.92 Å². The lowest BCUT2D eigenvalue weighted by molar-refractivity contribution is -0.137. The lowest BCUT2D eigenvalue weighted by Gasteiger charge is -2.17. The third-order valence-electron chi connectivity index (χ3n) is 2.99. The van der Waals surface area contributed by atoms with Crippen molar-refractivity contribution in [2.75, 3.05) is 13.6 Å². The van der Waals surface area contributed by atoms with Gasteiger partial charge in [-0.15, -0.1) is 0 Å². The SMILES string of the molecule is CCC1CC1NC(=O)N(C)CCCC(=O)O. The standard InChI is InChI=1S/C11H20N2O3/c1-3-8-7-9(8)12-11(16)13(2)6-4-5-10(14)15/h8-9H,3-7H2,1-2H3,(H,12,16)(H,14,15). The van der Waals surface area contributed by atoms with Crippen LogP contribution >= 0.6 is 0 Å². The lowest BCUT2D eigenvalue weighted by Crippen LogP contribution is -2.39. The van der Waals surface area contributed by atoms with E-state index in [1.807, 2.05) is 0 Å². The molecule has 1 fully saturated rings. The summed E-state index contributed by atoms with van der Waals surface area (Å²) in [4.78, 5) is 23.4. The molecule has 16 heavy (non-hydrogen) atoms. The van der Waals surface area contributed by atoms with Gasteiger partial charge in [-0.1, -0.05) is 13.3 Å². The maximum absolute atomic E-state index is 11.6. The highest BCUT2D eigenvalue weighted by molar-refractivity contribution is 5.74. The van der Waals surface area contributed by atoms with Crippen molar-refractivity contribution in [3.63, 3.8) is 0 Å². The fraction of sp³-hybridized carbons (Fsp3) is 0.818. The number of carboxylic acid groups (broad SMARTS) is 1. The number of hydrogen-bond acceptors (Lipinski definition) is 2. The van der Waals surface area contributed by atoms with Crippen molar-refractivity contribution < 1.29 is 14.7 Å². The molecule has 0 bridgehead atoms. The average Bonchev–Trinajstić information content (AvgIpc) is 2.95. The number of nitrogens with zero attached hydrogens (tertiary/aromatic N) is 1. The largest absolute Gasteiger partial charge is 0.481 e. The minimum Gasteiger partial charge on any atom is -0.481 e. The van der Waals surface area contributed by atoms with Crippen LogP contribution in [0.25, 0.3) is 0 Å². The third kappa shape index (κ3) is 4.08. The van der Waals surface area contributed by atoms with Gasteiger partial charge >= 0.3 is 12.0 Å². The summed E-state index contributed by atoms with van der Waals surface area (Å²) >= 11 is 0. The second-order valence-electron chi connectivity index (χ2n) is 4.38. The highest BCUT2D eigenvalue weighted by Gasteiger charge is 2.36. The van der Waals surface area contributed by atoms with Crippen LogP contribution in [-0.4, -0.2) is 41.6 Å². The number of carboxylic acids is 1. The molecule has 2 amide bonds. The molecule has 0 heterocycles. The summed E-state index contributed by atoms with van der Waals surface area (Å²) in [6, 6.07) is 0.241. The van der Waals surface area contributed by atoms with Gasteiger partial charge in [0.2, 0.25) is 0 Å². The zero-order valence-corrected chi connectivity index (χ0v) is 9.90. The number of carbonyl (C=O) groups excluding carboxylic acids is 1. The van der Waals surface area contributed by atoms with Gasteiger partial charge in [-0.3, -0.25) is 4.79 Å². The first-order valence-corrected chi connectivity index (χ1v) is 5.78. The van der Waals surface area contributed by atoms with Gasteiger partial charge in [0.1, 0.15) is 0 Å². The fourth-order valence-electron chi connectivity index (χ4n) is 1.71. The van der Waals surface area contributed by atoms with Crippen molar-refractivity contribution >= 4 is 12.0 Å². The van der Waals surface area contributed by atoms with Crippen LogP contribution < -0.4 is 5.32 Å². The Morgan fingerprint density at radius 1 is 1.50 bits per heavy atom. The van der Waals surface area contributed by atoms with Gasteiger partial charge in [-0.05, 0) is 18.8 Å². The summed E-state index contributed by atoms with van der Waals surface area (Å²) in [5.41, 5.74) is 0. The molecule has 2 atom stereocenters. The minimum atomic E-state index is -0.818. The van der Waals surface area contributed by atoms with Gasteiger partial charge in [-0.2, -0.15) is 0 Å². The van der Waals surface area contributed by atoms with E-state index in [1.54, 1.807) is 11.9 Å². The zero-order chi connectivity index (χ0) is 12.1. The van der Waals surface area contributed by atoms with E-state index in [2.05, 4.69) is 12.2 Å². The van der Waals surface area contributed by atoms with Crippen LogP contribution in [0.15, 0.2) is 0 Å². The Balaban J connectivity index is 2.13. The molecule has 1 saturated carbocycles. The first-order valence-electron chi connectivity index (χ1n) is 5.78. The molecule has 0 aromatic rings. The van der Waals surface area contributed by atoms with E-state index in [-0.39, 0.29) is 12.5 Å². The van der Waals surface area contributed by atoms with E-state index in [9.17, 15) is 9.59 Å². The average molecular weight is 228 g/mol. The van der Waals surface area contributed by atoms with Crippen LogP contribution in [0.3, 0.4) is 0 Å². The summed E-state index contributed by atoms with van der Waals surface area (Å²) < 4.78 is 0. The number of hydrogen-bond donors (Lipinski definition) is 2. The van der Waals surface area contributed by atoms with Gasteiger partial charge in [0.25, 0.3) is 0 Å². The summed E-state index contributed by atoms with van der Waals surface area (Å²) in [7, 11) is 1.69. The molecule has 0 saturated heterocycles. The van der Waals surface area contributed by atoms with E-state index < -0.39 is 5.97 Å². The molecule has 2 N–H and O–H groups in total. The molecule has 0 aromatic heterocycles. The Morgan fingerprint density at radius 2 is 2.19 bits per heavy atom. The van der Waals surface area contributed by atoms with Crippen molar-refractivity contribution in [2.45, 2.75) is 38.6 Å². The second kappa shape index (κ2) is 5.72. The van der Waals surface area contributed by atoms with Gasteiger partial charge in [0.05, 0.1) is 0 Å². The monoisotopic (exact) mass is 228 g/mol. The molecule has 5 nitrogen and oxygen atoms in total. The zero-order valence-electron chi connectivity index (χ0n) is 9.90. The van der Waals surface area contributed by atoms with E-state index in [0.717, 1.165) is 12.8 Å². The second-order valence-corrected chi connectivity index (χ2v) is 4.38. The molecule has 1 aliphatic rings. The Hall–Kier alpha value is -1.26. The normalized spacial score (nSPS) is 22.6. The Morgan fingerprint density at radius 3 is 2.69 bits per heavy atom. The molecule has 0 aliphatic heterocycles. The van der Waals surface area contributed by atoms with Crippen molar-refractivity contribution in [3.05, 3.63) is 0 Å². The predicted molar refractivity (Wildman–Crippen MR) is 60.2 cm³/mol. The van der Waals surface area contributed by atoms with Crippen molar-refractivity contribution in [1.82, 2.24) is 10.2 Å². The van der Waals surface area contributed by atoms with Crippen LogP contribution in [0.1, 0.15) is 32.6 Å². The lowest BCUT2D eigenvalue weighted by atomic mass is 10.3. The van der Waals surface area contributed by atoms with Gasteiger partial charge in [0, 0.05) is 26.1 Å². The smallest absolute Gasteiger partial charge is 0.317 e. The van der Waals surface area contributed by atoms with Crippen molar-refractivity contribution in [2.24, 2.45) is 5.92 Å². The molecule has 92 valence electrons. The minimum absolute atomic E-state index is 0.0914. The molecule has 5 heteroatoms. The van der Waals surface area contributed by atoms with E-state index in [4.69, 9.17) is 5.11 Å². The maximum atomic E-state index is 11.6. The van der Waals surface area contributed by atoms with E-state index in [1.165, 1.54) is 0 Å². The first-order chi connectivity index (χ1) is 7.54. The topological polar surface area (TPSA) is 69.6 Å². The number of rotatable bonds is 6. The van der Waals surface area contributed by atoms with Crippen LogP contribution in [0.4, 0.5) is 4.79 Å². The summed E-state index contributed by atoms with van der Waals surface area (Å²) in [5.74, 6) is -0.182. The molecule has 0 spiro atoms. The van der Waals surface area contributed by atoms with Crippen LogP contribution in [-0.2, 0) is 4.79 Å². The van der Waals surface area contributed by atoms with Crippen molar-refractivity contribution in [1.29, 1.82) is 0 Å². The van der Waals surface area contributed by atoms with Gasteiger partial charge < -0.3 is 15.3 Å². The molecular weight excluding hydrogens is 208 g/mol. The third-order valence-corrected chi connectivity index (χ3v) is 2.99. The molecule has 0 aromatic carbocycles. The quantitative estimate of drug-likeness (QED) is 0.719. The number of nitrogens with one attached hydrogen (secondary N) is 1. The Bertz CT molecular complexity index is 268. The Labute approximate surface area is 95.8 Å². The van der Waals surface area contributed by atoms with E-state index in [0.29, 0.717) is 24.9 Å². The summed E-state index contributed by atoms with van der Waals surface area (Å²) in [6.45, 7) is 2.61. The molecule has 2 unspecified atom stereocenters.